The largest absolute Gasteiger partial charge is 0.348 e. The molecule has 8 nitrogen and oxygen atoms in total. The molecular formula is C32H34N6O2. The van der Waals surface area contributed by atoms with Gasteiger partial charge in [0.25, 0.3) is 5.91 Å². The second-order valence-corrected chi connectivity index (χ2v) is 11.7. The summed E-state index contributed by atoms with van der Waals surface area (Å²) in [6, 6.07) is 21.3. The van der Waals surface area contributed by atoms with Crippen molar-refractivity contribution in [2.45, 2.75) is 45.7 Å². The van der Waals surface area contributed by atoms with Gasteiger partial charge in [0.2, 0.25) is 0 Å². The maximum atomic E-state index is 13.4. The van der Waals surface area contributed by atoms with Crippen molar-refractivity contribution in [3.8, 4) is 16.8 Å². The Bertz CT molecular complexity index is 1630. The lowest BCUT2D eigenvalue weighted by Crippen LogP contribution is -2.26. The zero-order chi connectivity index (χ0) is 28.0. The summed E-state index contributed by atoms with van der Waals surface area (Å²) in [5.74, 6) is 0.524. The number of hydrogen-bond donors (Lipinski definition) is 3. The minimum atomic E-state index is -0.367. The number of nitrogens with one attached hydrogen (secondary N) is 3. The topological polar surface area (TPSA) is 91.3 Å². The number of aromatic nitrogens is 2. The Morgan fingerprint density at radius 2 is 1.70 bits per heavy atom. The van der Waals surface area contributed by atoms with Gasteiger partial charge in [0.1, 0.15) is 5.82 Å². The quantitative estimate of drug-likeness (QED) is 0.313. The van der Waals surface area contributed by atoms with E-state index in [1.165, 1.54) is 11.1 Å². The number of urea groups is 1. The van der Waals surface area contributed by atoms with Crippen molar-refractivity contribution in [1.82, 2.24) is 20.0 Å². The van der Waals surface area contributed by atoms with Crippen molar-refractivity contribution in [3.63, 3.8) is 0 Å². The molecule has 0 fully saturated rings. The van der Waals surface area contributed by atoms with Crippen LogP contribution in [0.2, 0.25) is 0 Å². The summed E-state index contributed by atoms with van der Waals surface area (Å²) in [6.45, 7) is 8.74. The molecule has 0 radical (unpaired) electrons. The van der Waals surface area contributed by atoms with Crippen LogP contribution in [-0.2, 0) is 24.9 Å². The molecule has 2 aliphatic rings. The molecule has 3 heterocycles. The predicted octanol–water partition coefficient (Wildman–Crippen LogP) is 5.71. The van der Waals surface area contributed by atoms with Gasteiger partial charge in [-0.1, -0.05) is 57.2 Å². The molecule has 0 bridgehead atoms. The lowest BCUT2D eigenvalue weighted by molar-refractivity contribution is 0.0965. The number of carbonyl (C=O) groups excluding carboxylic acids is 2. The van der Waals surface area contributed by atoms with Gasteiger partial charge >= 0.3 is 6.03 Å². The van der Waals surface area contributed by atoms with Gasteiger partial charge in [-0.25, -0.2) is 9.48 Å². The van der Waals surface area contributed by atoms with Gasteiger partial charge in [-0.2, -0.15) is 5.10 Å². The Morgan fingerprint density at radius 1 is 0.925 bits per heavy atom. The first kappa shape index (κ1) is 25.8. The van der Waals surface area contributed by atoms with E-state index in [0.29, 0.717) is 23.6 Å². The third kappa shape index (κ3) is 4.86. The van der Waals surface area contributed by atoms with Crippen LogP contribution >= 0.6 is 0 Å². The van der Waals surface area contributed by atoms with Crippen LogP contribution in [0.15, 0.2) is 66.7 Å². The van der Waals surface area contributed by atoms with Gasteiger partial charge in [0.05, 0.1) is 17.1 Å². The van der Waals surface area contributed by atoms with Crippen molar-refractivity contribution in [2.75, 3.05) is 24.2 Å². The number of carbonyl (C=O) groups is 2. The molecule has 3 aromatic carbocycles. The Hall–Kier alpha value is -4.43. The summed E-state index contributed by atoms with van der Waals surface area (Å²) in [5.41, 5.74) is 8.29. The average molecular weight is 535 g/mol. The second kappa shape index (κ2) is 9.95. The number of rotatable bonds is 4. The molecule has 6 rings (SSSR count). The third-order valence-corrected chi connectivity index (χ3v) is 7.67. The molecule has 3 N–H and O–H groups in total. The van der Waals surface area contributed by atoms with E-state index in [-0.39, 0.29) is 17.4 Å². The molecule has 1 aromatic heterocycles. The minimum absolute atomic E-state index is 0.0724. The highest BCUT2D eigenvalue weighted by molar-refractivity contribution is 6.04. The standard InChI is InChI=1S/C32H34N6O2/c1-32(2,3)28-17-29(38(36-28)22-13-12-20-14-15-37(4)19-21(20)16-22)35-31(40)34-27-11-6-5-8-24(27)23-9-7-10-25-26(23)18-33-30(25)39/h5-13,16-17H,14-15,18-19H2,1-4H3,(H,33,39)(H2,34,35,40). The van der Waals surface area contributed by atoms with Crippen LogP contribution in [0.5, 0.6) is 0 Å². The summed E-state index contributed by atoms with van der Waals surface area (Å²) >= 11 is 0. The molecule has 3 amide bonds. The lowest BCUT2D eigenvalue weighted by Gasteiger charge is -2.25. The van der Waals surface area contributed by atoms with Crippen LogP contribution in [0.4, 0.5) is 16.3 Å². The van der Waals surface area contributed by atoms with Crippen LogP contribution in [0, 0.1) is 0 Å². The fourth-order valence-corrected chi connectivity index (χ4v) is 5.45. The van der Waals surface area contributed by atoms with E-state index in [4.69, 9.17) is 5.10 Å². The monoisotopic (exact) mass is 534 g/mol. The number of benzene rings is 3. The summed E-state index contributed by atoms with van der Waals surface area (Å²) < 4.78 is 1.82. The number of amides is 3. The second-order valence-electron chi connectivity index (χ2n) is 11.7. The molecule has 8 heteroatoms. The summed E-state index contributed by atoms with van der Waals surface area (Å²) in [7, 11) is 2.13. The molecular weight excluding hydrogens is 500 g/mol. The number of nitrogens with zero attached hydrogens (tertiary/aromatic N) is 3. The molecule has 0 saturated heterocycles. The predicted molar refractivity (Wildman–Crippen MR) is 158 cm³/mol. The van der Waals surface area contributed by atoms with Crippen LogP contribution in [0.3, 0.4) is 0 Å². The number of likely N-dealkylation sites (N-methyl/N-ethyl adjacent to an activating group) is 1. The van der Waals surface area contributed by atoms with E-state index in [1.54, 1.807) is 0 Å². The first-order chi connectivity index (χ1) is 19.2. The van der Waals surface area contributed by atoms with Crippen molar-refractivity contribution in [2.24, 2.45) is 0 Å². The molecule has 0 spiro atoms. The van der Waals surface area contributed by atoms with Crippen LogP contribution < -0.4 is 16.0 Å². The molecule has 0 saturated carbocycles. The number of hydrogen-bond acceptors (Lipinski definition) is 4. The summed E-state index contributed by atoms with van der Waals surface area (Å²) in [5, 5.41) is 13.9. The smallest absolute Gasteiger partial charge is 0.324 e. The Kier molecular flexibility index (Phi) is 6.43. The summed E-state index contributed by atoms with van der Waals surface area (Å²) in [6.07, 6.45) is 1.03. The van der Waals surface area contributed by atoms with Gasteiger partial charge in [-0.15, -0.1) is 0 Å². The van der Waals surface area contributed by atoms with Gasteiger partial charge in [0, 0.05) is 42.2 Å². The van der Waals surface area contributed by atoms with E-state index in [1.807, 2.05) is 53.2 Å². The Morgan fingerprint density at radius 3 is 2.52 bits per heavy atom. The van der Waals surface area contributed by atoms with Gasteiger partial charge in [0.15, 0.2) is 0 Å². The van der Waals surface area contributed by atoms with Crippen molar-refractivity contribution < 1.29 is 9.59 Å². The maximum absolute atomic E-state index is 13.4. The minimum Gasteiger partial charge on any atom is -0.348 e. The van der Waals surface area contributed by atoms with E-state index < -0.39 is 0 Å². The lowest BCUT2D eigenvalue weighted by atomic mass is 9.92. The fourth-order valence-electron chi connectivity index (χ4n) is 5.45. The molecule has 0 atom stereocenters. The normalized spacial score (nSPS) is 14.8. The van der Waals surface area contributed by atoms with Crippen molar-refractivity contribution in [3.05, 3.63) is 94.7 Å². The molecule has 204 valence electrons. The average Bonchev–Trinajstić information content (AvgIpc) is 3.52. The molecule has 0 unspecified atom stereocenters. The maximum Gasteiger partial charge on any atom is 0.324 e. The Balaban J connectivity index is 1.31. The molecule has 0 aliphatic carbocycles. The van der Waals surface area contributed by atoms with Crippen LogP contribution in [0.25, 0.3) is 16.8 Å². The molecule has 40 heavy (non-hydrogen) atoms. The van der Waals surface area contributed by atoms with E-state index >= 15 is 0 Å². The number of fused-ring (bicyclic) bond motifs is 2. The number of anilines is 2. The van der Waals surface area contributed by atoms with Gasteiger partial charge in [-0.3, -0.25) is 10.1 Å². The number of para-hydroxylation sites is 1. The van der Waals surface area contributed by atoms with E-state index in [9.17, 15) is 9.59 Å². The van der Waals surface area contributed by atoms with Crippen molar-refractivity contribution in [1.29, 1.82) is 0 Å². The first-order valence-corrected chi connectivity index (χ1v) is 13.7. The molecule has 4 aromatic rings. The summed E-state index contributed by atoms with van der Waals surface area (Å²) in [4.78, 5) is 28.0. The third-order valence-electron chi connectivity index (χ3n) is 7.67. The zero-order valence-corrected chi connectivity index (χ0v) is 23.3. The van der Waals surface area contributed by atoms with Gasteiger partial charge < -0.3 is 15.5 Å². The van der Waals surface area contributed by atoms with Crippen molar-refractivity contribution >= 4 is 23.4 Å². The highest BCUT2D eigenvalue weighted by Crippen LogP contribution is 2.34. The van der Waals surface area contributed by atoms with E-state index in [0.717, 1.165) is 47.6 Å². The SMILES string of the molecule is CN1CCc2ccc(-n3nc(C(C)(C)C)cc3NC(=O)Nc3ccccc3-c3cccc4c3CNC4=O)cc2C1. The highest BCUT2D eigenvalue weighted by Gasteiger charge is 2.25. The Labute approximate surface area is 234 Å². The van der Waals surface area contributed by atoms with Crippen LogP contribution in [-0.4, -0.2) is 40.2 Å². The van der Waals surface area contributed by atoms with Crippen LogP contribution in [0.1, 0.15) is 53.5 Å². The molecule has 2 aliphatic heterocycles. The zero-order valence-electron chi connectivity index (χ0n) is 23.3. The highest BCUT2D eigenvalue weighted by atomic mass is 16.2. The first-order valence-electron chi connectivity index (χ1n) is 13.7. The fraction of sp³-hybridized carbons (Fsp3) is 0.281. The van der Waals surface area contributed by atoms with Gasteiger partial charge in [-0.05, 0) is 60.0 Å². The van der Waals surface area contributed by atoms with E-state index in [2.05, 4.69) is 66.9 Å².